The van der Waals surface area contributed by atoms with Crippen LogP contribution in [0, 0.1) is 0 Å². The smallest absolute Gasteiger partial charge is 0.0667 e. The van der Waals surface area contributed by atoms with Gasteiger partial charge >= 0.3 is 0 Å². The van der Waals surface area contributed by atoms with E-state index in [0.717, 1.165) is 58.2 Å². The van der Waals surface area contributed by atoms with Gasteiger partial charge < -0.3 is 10.2 Å². The normalized spacial score (nSPS) is 14.0. The topological polar surface area (TPSA) is 43.7 Å². The van der Waals surface area contributed by atoms with Crippen molar-refractivity contribution in [2.75, 3.05) is 19.6 Å². The number of hydrogen-bond donors (Lipinski definition) is 2. The number of hydrogen-bond acceptors (Lipinski definition) is 3. The second-order valence-electron chi connectivity index (χ2n) is 8.53. The summed E-state index contributed by atoms with van der Waals surface area (Å²) in [6, 6.07) is 0. The molecule has 0 radical (unpaired) electrons. The molecule has 2 N–H and O–H groups in total. The fourth-order valence-electron chi connectivity index (χ4n) is 3.74. The zero-order chi connectivity index (χ0) is 20.2. The Bertz CT molecular complexity index is 270. The lowest BCUT2D eigenvalue weighted by Crippen LogP contribution is -2.38. The van der Waals surface area contributed by atoms with Crippen LogP contribution in [0.4, 0.5) is 0 Å². The van der Waals surface area contributed by atoms with Crippen LogP contribution in [0.5, 0.6) is 0 Å². The largest absolute Gasteiger partial charge is 0.392 e. The van der Waals surface area contributed by atoms with E-state index in [4.69, 9.17) is 0 Å². The molecule has 0 aliphatic heterocycles. The molecule has 164 valence electrons. The summed E-state index contributed by atoms with van der Waals surface area (Å²) in [7, 11) is 0. The quantitative estimate of drug-likeness (QED) is 0.227. The maximum atomic E-state index is 10.3. The van der Waals surface area contributed by atoms with Gasteiger partial charge in [-0.3, -0.25) is 4.90 Å². The predicted octanol–water partition coefficient (Wildman–Crippen LogP) is 6.31. The van der Waals surface area contributed by atoms with Crippen molar-refractivity contribution in [3.05, 3.63) is 0 Å². The summed E-state index contributed by atoms with van der Waals surface area (Å²) in [6.45, 7) is 9.07. The van der Waals surface area contributed by atoms with Crippen molar-refractivity contribution in [1.29, 1.82) is 0 Å². The Morgan fingerprint density at radius 1 is 0.519 bits per heavy atom. The first-order chi connectivity index (χ1) is 13.1. The van der Waals surface area contributed by atoms with Crippen LogP contribution < -0.4 is 0 Å². The Balaban J connectivity index is 3.94. The average Bonchev–Trinajstić information content (AvgIpc) is 2.66. The Hall–Kier alpha value is -0.120. The Morgan fingerprint density at radius 3 is 1.30 bits per heavy atom. The first-order valence-corrected chi connectivity index (χ1v) is 12.2. The number of aliphatic hydroxyl groups is 2. The molecule has 0 aliphatic carbocycles. The summed E-state index contributed by atoms with van der Waals surface area (Å²) < 4.78 is 0. The van der Waals surface area contributed by atoms with Gasteiger partial charge in [-0.2, -0.15) is 0 Å². The van der Waals surface area contributed by atoms with Crippen LogP contribution in [-0.2, 0) is 0 Å². The monoisotopic (exact) mass is 385 g/mol. The molecule has 27 heavy (non-hydrogen) atoms. The van der Waals surface area contributed by atoms with Crippen LogP contribution in [0.2, 0.25) is 0 Å². The van der Waals surface area contributed by atoms with Crippen LogP contribution in [0.3, 0.4) is 0 Å². The van der Waals surface area contributed by atoms with Gasteiger partial charge in [-0.15, -0.1) is 0 Å². The molecule has 0 aromatic heterocycles. The third-order valence-electron chi connectivity index (χ3n) is 5.55. The van der Waals surface area contributed by atoms with E-state index in [1.54, 1.807) is 0 Å². The molecule has 0 aromatic rings. The second-order valence-corrected chi connectivity index (χ2v) is 8.53. The van der Waals surface area contributed by atoms with E-state index < -0.39 is 0 Å². The summed E-state index contributed by atoms with van der Waals surface area (Å²) in [5.41, 5.74) is 0. The highest BCUT2D eigenvalue weighted by Gasteiger charge is 2.15. The Labute approximate surface area is 170 Å². The predicted molar refractivity (Wildman–Crippen MR) is 119 cm³/mol. The zero-order valence-corrected chi connectivity index (χ0v) is 18.9. The van der Waals surface area contributed by atoms with Crippen molar-refractivity contribution in [3.63, 3.8) is 0 Å². The van der Waals surface area contributed by atoms with Gasteiger partial charge in [-0.05, 0) is 25.8 Å². The maximum Gasteiger partial charge on any atom is 0.0667 e. The van der Waals surface area contributed by atoms with Crippen molar-refractivity contribution >= 4 is 0 Å². The summed E-state index contributed by atoms with van der Waals surface area (Å²) in [6.07, 6.45) is 19.2. The summed E-state index contributed by atoms with van der Waals surface area (Å²) >= 11 is 0. The molecule has 0 saturated heterocycles. The third kappa shape index (κ3) is 19.0. The molecule has 0 aliphatic rings. The molecule has 0 spiro atoms. The van der Waals surface area contributed by atoms with Gasteiger partial charge in [0.2, 0.25) is 0 Å². The van der Waals surface area contributed by atoms with Gasteiger partial charge in [-0.1, -0.05) is 104 Å². The highest BCUT2D eigenvalue weighted by atomic mass is 16.3. The van der Waals surface area contributed by atoms with Crippen LogP contribution in [0.1, 0.15) is 124 Å². The molecule has 0 aromatic carbocycles. The molecule has 3 heteroatoms. The van der Waals surface area contributed by atoms with E-state index in [-0.39, 0.29) is 12.2 Å². The van der Waals surface area contributed by atoms with E-state index in [1.807, 2.05) is 0 Å². The van der Waals surface area contributed by atoms with Crippen LogP contribution in [0.25, 0.3) is 0 Å². The summed E-state index contributed by atoms with van der Waals surface area (Å²) in [4.78, 5) is 2.31. The Morgan fingerprint density at radius 2 is 0.889 bits per heavy atom. The molecule has 0 fully saturated rings. The molecule has 0 amide bonds. The lowest BCUT2D eigenvalue weighted by molar-refractivity contribution is 0.0600. The Kier molecular flexibility index (Phi) is 20.5. The molecule has 0 saturated carbocycles. The van der Waals surface area contributed by atoms with Gasteiger partial charge in [0.25, 0.3) is 0 Å². The number of nitrogens with zero attached hydrogens (tertiary/aromatic N) is 1. The average molecular weight is 386 g/mol. The standard InChI is InChI=1S/C24H51NO2/c1-4-7-10-11-12-13-14-15-16-17-20-25(21-23(26)18-8-5-2)22-24(27)19-9-6-3/h23-24,26-27H,4-22H2,1-3H3. The molecule has 3 nitrogen and oxygen atoms in total. The van der Waals surface area contributed by atoms with E-state index in [0.29, 0.717) is 0 Å². The van der Waals surface area contributed by atoms with Crippen molar-refractivity contribution in [2.24, 2.45) is 0 Å². The minimum Gasteiger partial charge on any atom is -0.392 e. The first kappa shape index (κ1) is 26.9. The molecule has 0 rings (SSSR count). The fraction of sp³-hybridized carbons (Fsp3) is 1.00. The van der Waals surface area contributed by atoms with E-state index in [2.05, 4.69) is 25.7 Å². The van der Waals surface area contributed by atoms with Crippen LogP contribution in [0.15, 0.2) is 0 Å². The maximum absolute atomic E-state index is 10.3. The van der Waals surface area contributed by atoms with E-state index in [1.165, 1.54) is 64.2 Å². The van der Waals surface area contributed by atoms with Crippen LogP contribution in [-0.4, -0.2) is 47.0 Å². The second kappa shape index (κ2) is 20.6. The van der Waals surface area contributed by atoms with Crippen molar-refractivity contribution in [2.45, 2.75) is 136 Å². The van der Waals surface area contributed by atoms with Gasteiger partial charge in [0.05, 0.1) is 12.2 Å². The van der Waals surface area contributed by atoms with Crippen molar-refractivity contribution in [3.8, 4) is 0 Å². The van der Waals surface area contributed by atoms with Crippen molar-refractivity contribution in [1.82, 2.24) is 4.90 Å². The van der Waals surface area contributed by atoms with E-state index >= 15 is 0 Å². The zero-order valence-electron chi connectivity index (χ0n) is 18.9. The molecule has 2 atom stereocenters. The third-order valence-corrected chi connectivity index (χ3v) is 5.55. The summed E-state index contributed by atoms with van der Waals surface area (Å²) in [5, 5.41) is 20.6. The summed E-state index contributed by atoms with van der Waals surface area (Å²) in [5.74, 6) is 0. The van der Waals surface area contributed by atoms with Gasteiger partial charge in [-0.25, -0.2) is 0 Å². The van der Waals surface area contributed by atoms with Gasteiger partial charge in [0, 0.05) is 13.1 Å². The lowest BCUT2D eigenvalue weighted by Gasteiger charge is -2.27. The number of rotatable bonds is 21. The highest BCUT2D eigenvalue weighted by Crippen LogP contribution is 2.12. The fourth-order valence-corrected chi connectivity index (χ4v) is 3.74. The van der Waals surface area contributed by atoms with Gasteiger partial charge in [0.1, 0.15) is 0 Å². The minimum atomic E-state index is -0.244. The van der Waals surface area contributed by atoms with E-state index in [9.17, 15) is 10.2 Å². The molecular formula is C24H51NO2. The molecule has 0 bridgehead atoms. The number of unbranched alkanes of at least 4 members (excludes halogenated alkanes) is 11. The highest BCUT2D eigenvalue weighted by molar-refractivity contribution is 4.69. The number of aliphatic hydroxyl groups excluding tert-OH is 2. The first-order valence-electron chi connectivity index (χ1n) is 12.2. The molecule has 2 unspecified atom stereocenters. The van der Waals surface area contributed by atoms with Crippen molar-refractivity contribution < 1.29 is 10.2 Å². The minimum absolute atomic E-state index is 0.244. The van der Waals surface area contributed by atoms with Gasteiger partial charge in [0.15, 0.2) is 0 Å². The SMILES string of the molecule is CCCCCCCCCCCCN(CC(O)CCCC)CC(O)CCCC. The lowest BCUT2D eigenvalue weighted by atomic mass is 10.1. The molecular weight excluding hydrogens is 334 g/mol. The van der Waals surface area contributed by atoms with Crippen LogP contribution >= 0.6 is 0 Å². The molecule has 0 heterocycles.